The normalized spacial score (nSPS) is 34.2. The van der Waals surface area contributed by atoms with Gasteiger partial charge in [0.15, 0.2) is 0 Å². The Kier molecular flexibility index (Phi) is 6.11. The van der Waals surface area contributed by atoms with E-state index in [-0.39, 0.29) is 30.3 Å². The van der Waals surface area contributed by atoms with Gasteiger partial charge < -0.3 is 31.5 Å². The first-order valence-electron chi connectivity index (χ1n) is 9.20. The number of nitrogens with zero attached hydrogens (tertiary/aromatic N) is 3. The lowest BCUT2D eigenvalue weighted by atomic mass is 9.98. The van der Waals surface area contributed by atoms with Crippen molar-refractivity contribution in [3.8, 4) is 6.07 Å². The van der Waals surface area contributed by atoms with Crippen molar-refractivity contribution < 1.29 is 9.53 Å². The summed E-state index contributed by atoms with van der Waals surface area (Å²) in [5.41, 5.74) is 11.4. The zero-order chi connectivity index (χ0) is 18.7. The maximum atomic E-state index is 12.9. The van der Waals surface area contributed by atoms with Crippen LogP contribution in [0.25, 0.3) is 5.43 Å². The number of nitrogens with one attached hydrogen (secondary N) is 3. The minimum absolute atomic E-state index is 0.00712. The molecule has 3 heterocycles. The third kappa shape index (κ3) is 4.16. The number of hydrogen-bond donors (Lipinski definition) is 4. The van der Waals surface area contributed by atoms with Crippen LogP contribution in [0.3, 0.4) is 0 Å². The number of carbonyl (C=O) groups excluding carboxylic acids is 1. The van der Waals surface area contributed by atoms with Gasteiger partial charge in [-0.05, 0) is 38.6 Å². The molecule has 5 unspecified atom stereocenters. The minimum Gasteiger partial charge on any atom is -0.552 e. The molecule has 2 fully saturated rings. The highest BCUT2D eigenvalue weighted by Gasteiger charge is 2.39. The van der Waals surface area contributed by atoms with Crippen LogP contribution < -0.4 is 21.7 Å². The maximum Gasteiger partial charge on any atom is 0.226 e. The monoisotopic (exact) mass is 362 g/mol. The predicted octanol–water partition coefficient (Wildman–Crippen LogP) is -0.510. The van der Waals surface area contributed by atoms with Gasteiger partial charge in [0.1, 0.15) is 0 Å². The summed E-state index contributed by atoms with van der Waals surface area (Å²) in [5.74, 6) is -0.610. The van der Waals surface area contributed by atoms with E-state index in [2.05, 4.69) is 27.4 Å². The molecule has 0 saturated carbocycles. The Balaban J connectivity index is 1.65. The fourth-order valence-corrected chi connectivity index (χ4v) is 3.73. The van der Waals surface area contributed by atoms with Crippen LogP contribution in [-0.2, 0) is 9.53 Å². The fourth-order valence-electron chi connectivity index (χ4n) is 3.73. The molecule has 3 aliphatic rings. The molecular formula is C17H28N7O2-. The molecule has 2 saturated heterocycles. The third-order valence-electron chi connectivity index (χ3n) is 4.92. The number of amides is 1. The summed E-state index contributed by atoms with van der Waals surface area (Å²) < 4.78 is 5.97. The SMILES string of the molecule is CC(C)OC1CCNCC1NC(=O)C1C(N)[N-]N2C=C(CC#N)CNC12. The second-order valence-corrected chi connectivity index (χ2v) is 7.29. The third-order valence-corrected chi connectivity index (χ3v) is 4.92. The van der Waals surface area contributed by atoms with Crippen molar-refractivity contribution in [3.05, 3.63) is 17.2 Å². The van der Waals surface area contributed by atoms with Crippen molar-refractivity contribution in [1.82, 2.24) is 21.0 Å². The molecule has 0 radical (unpaired) electrons. The van der Waals surface area contributed by atoms with Crippen molar-refractivity contribution in [3.63, 3.8) is 0 Å². The highest BCUT2D eigenvalue weighted by Crippen LogP contribution is 2.32. The van der Waals surface area contributed by atoms with E-state index in [0.717, 1.165) is 18.5 Å². The fraction of sp³-hybridized carbons (Fsp3) is 0.765. The highest BCUT2D eigenvalue weighted by molar-refractivity contribution is 5.81. The molecule has 1 amide bonds. The summed E-state index contributed by atoms with van der Waals surface area (Å²) >= 11 is 0. The molecule has 3 aliphatic heterocycles. The minimum atomic E-state index is -0.619. The van der Waals surface area contributed by atoms with E-state index >= 15 is 0 Å². The average Bonchev–Trinajstić information content (AvgIpc) is 2.91. The largest absolute Gasteiger partial charge is 0.552 e. The van der Waals surface area contributed by atoms with Crippen LogP contribution in [0, 0.1) is 17.2 Å². The number of ether oxygens (including phenoxy) is 1. The first kappa shape index (κ1) is 19.1. The van der Waals surface area contributed by atoms with E-state index in [1.807, 2.05) is 20.0 Å². The number of piperidine rings is 1. The first-order chi connectivity index (χ1) is 12.5. The summed E-state index contributed by atoms with van der Waals surface area (Å²) in [6, 6.07) is 2.04. The highest BCUT2D eigenvalue weighted by atomic mass is 16.5. The second-order valence-electron chi connectivity index (χ2n) is 7.29. The molecule has 0 aromatic carbocycles. The molecule has 3 rings (SSSR count). The smallest absolute Gasteiger partial charge is 0.226 e. The van der Waals surface area contributed by atoms with Crippen LogP contribution in [0.5, 0.6) is 0 Å². The second kappa shape index (κ2) is 8.33. The van der Waals surface area contributed by atoms with Crippen molar-refractivity contribution in [2.75, 3.05) is 19.6 Å². The Morgan fingerprint density at radius 1 is 1.62 bits per heavy atom. The zero-order valence-electron chi connectivity index (χ0n) is 15.3. The molecular weight excluding hydrogens is 334 g/mol. The molecule has 0 aromatic rings. The summed E-state index contributed by atoms with van der Waals surface area (Å²) in [4.78, 5) is 12.9. The van der Waals surface area contributed by atoms with Gasteiger partial charge >= 0.3 is 0 Å². The van der Waals surface area contributed by atoms with Crippen LogP contribution in [0.4, 0.5) is 0 Å². The van der Waals surface area contributed by atoms with E-state index < -0.39 is 12.1 Å². The molecule has 0 aromatic heterocycles. The molecule has 9 heteroatoms. The Hall–Kier alpha value is -1.70. The van der Waals surface area contributed by atoms with Crippen molar-refractivity contribution in [2.45, 2.75) is 57.3 Å². The molecule has 5 N–H and O–H groups in total. The van der Waals surface area contributed by atoms with Crippen molar-refractivity contribution >= 4 is 5.91 Å². The number of hydrogen-bond acceptors (Lipinski definition) is 7. The van der Waals surface area contributed by atoms with Gasteiger partial charge in [-0.2, -0.15) is 5.26 Å². The van der Waals surface area contributed by atoms with Crippen LogP contribution in [-0.4, -0.2) is 61.1 Å². The van der Waals surface area contributed by atoms with Gasteiger partial charge in [-0.15, -0.1) is 0 Å². The van der Waals surface area contributed by atoms with Crippen LogP contribution in [0.2, 0.25) is 0 Å². The zero-order valence-corrected chi connectivity index (χ0v) is 15.3. The number of nitriles is 1. The first-order valence-corrected chi connectivity index (χ1v) is 9.20. The Morgan fingerprint density at radius 3 is 3.15 bits per heavy atom. The van der Waals surface area contributed by atoms with Gasteiger partial charge in [0, 0.05) is 13.1 Å². The molecule has 5 atom stereocenters. The summed E-state index contributed by atoms with van der Waals surface area (Å²) in [6.07, 6.45) is 2.22. The van der Waals surface area contributed by atoms with E-state index in [4.69, 9.17) is 15.7 Å². The quantitative estimate of drug-likeness (QED) is 0.518. The topological polar surface area (TPSA) is 130 Å². The van der Waals surface area contributed by atoms with Gasteiger partial charge in [-0.1, -0.05) is 6.17 Å². The lowest BCUT2D eigenvalue weighted by molar-refractivity contribution is -0.129. The number of nitrogens with two attached hydrogens (primary N) is 1. The average molecular weight is 362 g/mol. The van der Waals surface area contributed by atoms with E-state index in [1.54, 1.807) is 5.01 Å². The lowest BCUT2D eigenvalue weighted by Crippen LogP contribution is -2.59. The maximum absolute atomic E-state index is 12.9. The molecule has 0 spiro atoms. The van der Waals surface area contributed by atoms with Gasteiger partial charge in [0.2, 0.25) is 5.91 Å². The van der Waals surface area contributed by atoms with Crippen molar-refractivity contribution in [1.29, 1.82) is 5.26 Å². The van der Waals surface area contributed by atoms with Gasteiger partial charge in [-0.25, -0.2) is 0 Å². The standard InChI is InChI=1S/C17H28N7O2/c1-10(2)26-13-4-6-20-8-12(13)22-17(25)14-15(19)23-24-9-11(3-5-18)7-21-16(14)24/h9-10,12-16,20-21H,3-4,6-8,19H2,1-2H3,(H,22,25)/q-1. The molecule has 9 nitrogen and oxygen atoms in total. The van der Waals surface area contributed by atoms with Gasteiger partial charge in [0.05, 0.1) is 42.8 Å². The number of rotatable bonds is 5. The predicted molar refractivity (Wildman–Crippen MR) is 96.2 cm³/mol. The van der Waals surface area contributed by atoms with Crippen LogP contribution in [0.15, 0.2) is 11.8 Å². The Morgan fingerprint density at radius 2 is 2.42 bits per heavy atom. The molecule has 0 bridgehead atoms. The Labute approximate surface area is 154 Å². The van der Waals surface area contributed by atoms with Crippen molar-refractivity contribution in [2.24, 2.45) is 11.7 Å². The molecule has 26 heavy (non-hydrogen) atoms. The summed E-state index contributed by atoms with van der Waals surface area (Å²) in [5, 5.41) is 20.2. The lowest BCUT2D eigenvalue weighted by Gasteiger charge is -2.40. The summed E-state index contributed by atoms with van der Waals surface area (Å²) in [7, 11) is 0. The number of carbonyl (C=O) groups is 1. The molecule has 144 valence electrons. The van der Waals surface area contributed by atoms with Crippen LogP contribution in [0.1, 0.15) is 26.7 Å². The summed E-state index contributed by atoms with van der Waals surface area (Å²) in [6.45, 7) is 6.12. The van der Waals surface area contributed by atoms with Gasteiger partial charge in [-0.3, -0.25) is 10.1 Å². The van der Waals surface area contributed by atoms with E-state index in [1.165, 1.54) is 0 Å². The van der Waals surface area contributed by atoms with E-state index in [9.17, 15) is 4.79 Å². The molecule has 0 aliphatic carbocycles. The van der Waals surface area contributed by atoms with Gasteiger partial charge in [0.25, 0.3) is 0 Å². The number of fused-ring (bicyclic) bond motifs is 1. The van der Waals surface area contributed by atoms with Crippen LogP contribution >= 0.6 is 0 Å². The Bertz CT molecular complexity index is 588. The van der Waals surface area contributed by atoms with E-state index in [0.29, 0.717) is 19.5 Å².